The van der Waals surface area contributed by atoms with Gasteiger partial charge in [-0.2, -0.15) is 0 Å². The number of carbonyl (C=O) groups is 3. The number of carboxylic acids is 1. The van der Waals surface area contributed by atoms with Gasteiger partial charge in [-0.3, -0.25) is 9.59 Å². The molecule has 3 amide bonds. The summed E-state index contributed by atoms with van der Waals surface area (Å²) >= 11 is 0. The third-order valence-corrected chi connectivity index (χ3v) is 3.67. The van der Waals surface area contributed by atoms with Crippen LogP contribution < -0.4 is 5.73 Å². The summed E-state index contributed by atoms with van der Waals surface area (Å²) in [6.07, 6.45) is 0.880. The van der Waals surface area contributed by atoms with E-state index in [1.807, 2.05) is 20.8 Å². The Morgan fingerprint density at radius 1 is 1.38 bits per heavy atom. The van der Waals surface area contributed by atoms with E-state index in [1.165, 1.54) is 4.90 Å². The number of carboxylic acid groups (broad SMARTS) is 1. The fourth-order valence-electron chi connectivity index (χ4n) is 2.70. The lowest BCUT2D eigenvalue weighted by Gasteiger charge is -2.39. The van der Waals surface area contributed by atoms with Gasteiger partial charge in [-0.25, -0.2) is 4.79 Å². The molecule has 1 aliphatic rings. The molecule has 0 aliphatic carbocycles. The summed E-state index contributed by atoms with van der Waals surface area (Å²) in [6, 6.07) is -0.395. The molecule has 0 aromatic heterocycles. The molecule has 1 rings (SSSR count). The first-order valence-electron chi connectivity index (χ1n) is 7.29. The summed E-state index contributed by atoms with van der Waals surface area (Å²) in [7, 11) is 0. The normalized spacial score (nSPS) is 22.2. The van der Waals surface area contributed by atoms with E-state index in [9.17, 15) is 14.4 Å². The van der Waals surface area contributed by atoms with Gasteiger partial charge in [0.2, 0.25) is 5.91 Å². The zero-order valence-electron chi connectivity index (χ0n) is 12.9. The Morgan fingerprint density at radius 3 is 2.43 bits per heavy atom. The largest absolute Gasteiger partial charge is 0.481 e. The summed E-state index contributed by atoms with van der Waals surface area (Å²) in [5.74, 6) is -1.54. The van der Waals surface area contributed by atoms with Crippen LogP contribution in [0.4, 0.5) is 4.79 Å². The number of carbonyl (C=O) groups excluding carboxylic acids is 2. The molecule has 0 spiro atoms. The monoisotopic (exact) mass is 299 g/mol. The fourth-order valence-corrected chi connectivity index (χ4v) is 2.70. The minimum atomic E-state index is -0.815. The van der Waals surface area contributed by atoms with Gasteiger partial charge >= 0.3 is 12.0 Å². The smallest absolute Gasteiger partial charge is 0.320 e. The van der Waals surface area contributed by atoms with Crippen molar-refractivity contribution in [2.45, 2.75) is 39.7 Å². The predicted molar refractivity (Wildman–Crippen MR) is 77.5 cm³/mol. The Kier molecular flexibility index (Phi) is 5.99. The molecule has 120 valence electrons. The molecule has 0 bridgehead atoms. The SMILES string of the molecule is CC(C)CN(CC(N)=O)C(=O)N1CCC(C(=O)O)CC1C. The van der Waals surface area contributed by atoms with Gasteiger partial charge in [0.15, 0.2) is 0 Å². The van der Waals surface area contributed by atoms with Crippen molar-refractivity contribution in [3.63, 3.8) is 0 Å². The van der Waals surface area contributed by atoms with E-state index in [0.717, 1.165) is 0 Å². The van der Waals surface area contributed by atoms with Crippen LogP contribution in [-0.4, -0.2) is 58.5 Å². The lowest BCUT2D eigenvalue weighted by Crippen LogP contribution is -2.53. The summed E-state index contributed by atoms with van der Waals surface area (Å²) in [6.45, 7) is 6.49. The second kappa shape index (κ2) is 7.28. The topological polar surface area (TPSA) is 104 Å². The lowest BCUT2D eigenvalue weighted by molar-refractivity contribution is -0.143. The Morgan fingerprint density at radius 2 is 2.00 bits per heavy atom. The zero-order chi connectivity index (χ0) is 16.2. The number of piperidine rings is 1. The molecule has 21 heavy (non-hydrogen) atoms. The molecular formula is C14H25N3O4. The van der Waals surface area contributed by atoms with Crippen LogP contribution in [0.15, 0.2) is 0 Å². The lowest BCUT2D eigenvalue weighted by atomic mass is 9.92. The molecular weight excluding hydrogens is 274 g/mol. The van der Waals surface area contributed by atoms with Gasteiger partial charge in [0, 0.05) is 19.1 Å². The van der Waals surface area contributed by atoms with Crippen LogP contribution in [0.1, 0.15) is 33.6 Å². The number of nitrogens with two attached hydrogens (primary N) is 1. The molecule has 3 N–H and O–H groups in total. The van der Waals surface area contributed by atoms with Gasteiger partial charge in [0.05, 0.1) is 5.92 Å². The Labute approximate surface area is 125 Å². The van der Waals surface area contributed by atoms with Crippen LogP contribution >= 0.6 is 0 Å². The fraction of sp³-hybridized carbons (Fsp3) is 0.786. The van der Waals surface area contributed by atoms with Crippen LogP contribution in [0.5, 0.6) is 0 Å². The Hall–Kier alpha value is -1.79. The van der Waals surface area contributed by atoms with Crippen molar-refractivity contribution in [2.24, 2.45) is 17.6 Å². The first-order valence-corrected chi connectivity index (χ1v) is 7.29. The minimum absolute atomic E-state index is 0.109. The minimum Gasteiger partial charge on any atom is -0.481 e. The second-order valence-corrected chi connectivity index (χ2v) is 6.13. The molecule has 2 unspecified atom stereocenters. The highest BCUT2D eigenvalue weighted by molar-refractivity contribution is 5.83. The quantitative estimate of drug-likeness (QED) is 0.781. The van der Waals surface area contributed by atoms with Crippen LogP contribution in [0.25, 0.3) is 0 Å². The van der Waals surface area contributed by atoms with Crippen LogP contribution in [0, 0.1) is 11.8 Å². The zero-order valence-corrected chi connectivity index (χ0v) is 12.9. The van der Waals surface area contributed by atoms with Gasteiger partial charge in [-0.05, 0) is 25.7 Å². The van der Waals surface area contributed by atoms with Crippen molar-refractivity contribution in [2.75, 3.05) is 19.6 Å². The number of likely N-dealkylation sites (tertiary alicyclic amines) is 1. The van der Waals surface area contributed by atoms with Crippen molar-refractivity contribution >= 4 is 17.9 Å². The number of aliphatic carboxylic acids is 1. The van der Waals surface area contributed by atoms with Crippen LogP contribution in [-0.2, 0) is 9.59 Å². The van der Waals surface area contributed by atoms with Gasteiger partial charge in [0.1, 0.15) is 6.54 Å². The third kappa shape index (κ3) is 4.91. The summed E-state index contributed by atoms with van der Waals surface area (Å²) in [5.41, 5.74) is 5.20. The maximum atomic E-state index is 12.6. The first-order chi connectivity index (χ1) is 9.72. The highest BCUT2D eigenvalue weighted by Crippen LogP contribution is 2.24. The standard InChI is InChI=1S/C14H25N3O4/c1-9(2)7-16(8-12(15)18)14(21)17-5-4-11(13(19)20)6-10(17)3/h9-11H,4-8H2,1-3H3,(H2,15,18)(H,19,20). The second-order valence-electron chi connectivity index (χ2n) is 6.13. The highest BCUT2D eigenvalue weighted by atomic mass is 16.4. The third-order valence-electron chi connectivity index (χ3n) is 3.67. The Bertz CT molecular complexity index is 411. The average Bonchev–Trinajstić information content (AvgIpc) is 2.35. The number of hydrogen-bond acceptors (Lipinski definition) is 3. The van der Waals surface area contributed by atoms with Gasteiger partial charge in [-0.15, -0.1) is 0 Å². The van der Waals surface area contributed by atoms with E-state index in [0.29, 0.717) is 25.9 Å². The van der Waals surface area contributed by atoms with Gasteiger partial charge in [0.25, 0.3) is 0 Å². The molecule has 0 aromatic rings. The summed E-state index contributed by atoms with van der Waals surface area (Å²) < 4.78 is 0. The first kappa shape index (κ1) is 17.3. The maximum absolute atomic E-state index is 12.6. The predicted octanol–water partition coefficient (Wildman–Crippen LogP) is 0.735. The molecule has 7 nitrogen and oxygen atoms in total. The molecule has 1 fully saturated rings. The Balaban J connectivity index is 2.74. The molecule has 0 saturated carbocycles. The molecule has 0 radical (unpaired) electrons. The van der Waals surface area contributed by atoms with E-state index >= 15 is 0 Å². The average molecular weight is 299 g/mol. The van der Waals surface area contributed by atoms with E-state index in [2.05, 4.69) is 0 Å². The van der Waals surface area contributed by atoms with Crippen LogP contribution in [0.3, 0.4) is 0 Å². The molecule has 7 heteroatoms. The highest BCUT2D eigenvalue weighted by Gasteiger charge is 2.34. The number of urea groups is 1. The van der Waals surface area contributed by atoms with E-state index in [-0.39, 0.29) is 24.5 Å². The van der Waals surface area contributed by atoms with Crippen molar-refractivity contribution in [1.29, 1.82) is 0 Å². The van der Waals surface area contributed by atoms with E-state index < -0.39 is 17.8 Å². The summed E-state index contributed by atoms with van der Waals surface area (Å²) in [4.78, 5) is 37.8. The molecule has 1 heterocycles. The van der Waals surface area contributed by atoms with Crippen molar-refractivity contribution in [3.05, 3.63) is 0 Å². The van der Waals surface area contributed by atoms with E-state index in [1.54, 1.807) is 4.90 Å². The number of primary amides is 1. The molecule has 0 aromatic carbocycles. The number of nitrogens with zero attached hydrogens (tertiary/aromatic N) is 2. The van der Waals surface area contributed by atoms with Crippen LogP contribution in [0.2, 0.25) is 0 Å². The van der Waals surface area contributed by atoms with Crippen molar-refractivity contribution < 1.29 is 19.5 Å². The summed E-state index contributed by atoms with van der Waals surface area (Å²) in [5, 5.41) is 9.05. The maximum Gasteiger partial charge on any atom is 0.320 e. The number of hydrogen-bond donors (Lipinski definition) is 2. The van der Waals surface area contributed by atoms with Crippen molar-refractivity contribution in [1.82, 2.24) is 9.80 Å². The molecule has 2 atom stereocenters. The molecule has 1 saturated heterocycles. The van der Waals surface area contributed by atoms with Gasteiger partial charge < -0.3 is 20.6 Å². The van der Waals surface area contributed by atoms with E-state index in [4.69, 9.17) is 10.8 Å². The number of rotatable bonds is 5. The van der Waals surface area contributed by atoms with Gasteiger partial charge in [-0.1, -0.05) is 13.8 Å². The van der Waals surface area contributed by atoms with Crippen molar-refractivity contribution in [3.8, 4) is 0 Å². The number of amides is 3. The molecule has 1 aliphatic heterocycles.